The summed E-state index contributed by atoms with van der Waals surface area (Å²) in [4.78, 5) is 17.3. The van der Waals surface area contributed by atoms with Crippen molar-refractivity contribution in [3.63, 3.8) is 0 Å². The van der Waals surface area contributed by atoms with Crippen molar-refractivity contribution < 1.29 is 27.2 Å². The Morgan fingerprint density at radius 3 is 2.45 bits per heavy atom. The number of rotatable bonds is 8. The summed E-state index contributed by atoms with van der Waals surface area (Å²) in [5, 5.41) is 2.72. The van der Waals surface area contributed by atoms with E-state index < -0.39 is 15.9 Å². The van der Waals surface area contributed by atoms with Gasteiger partial charge in [-0.25, -0.2) is 12.8 Å². The maximum atomic E-state index is 13.0. The summed E-state index contributed by atoms with van der Waals surface area (Å²) in [6.45, 7) is 0.241. The molecular formula is C22H21FN2O5S. The van der Waals surface area contributed by atoms with Crippen molar-refractivity contribution in [1.82, 2.24) is 4.47 Å². The van der Waals surface area contributed by atoms with Crippen LogP contribution in [0.3, 0.4) is 0 Å². The summed E-state index contributed by atoms with van der Waals surface area (Å²) in [5.41, 5.74) is 1.45. The van der Waals surface area contributed by atoms with Crippen LogP contribution >= 0.6 is 0 Å². The second-order valence-electron chi connectivity index (χ2n) is 6.52. The number of nitrogens with one attached hydrogen (secondary N) is 1. The van der Waals surface area contributed by atoms with Crippen molar-refractivity contribution in [1.29, 1.82) is 0 Å². The maximum absolute atomic E-state index is 13.0. The molecule has 3 aromatic rings. The molecule has 1 amide bonds. The van der Waals surface area contributed by atoms with Crippen LogP contribution < -0.4 is 10.1 Å². The zero-order chi connectivity index (χ0) is 22.4. The molecule has 9 heteroatoms. The summed E-state index contributed by atoms with van der Waals surface area (Å²) in [5.74, 6) is -0.285. The van der Waals surface area contributed by atoms with Gasteiger partial charge in [-0.3, -0.25) is 9.63 Å². The first-order chi connectivity index (χ1) is 14.8. The normalized spacial score (nSPS) is 11.4. The zero-order valence-corrected chi connectivity index (χ0v) is 17.7. The number of benzene rings is 3. The average molecular weight is 444 g/mol. The molecule has 162 valence electrons. The van der Waals surface area contributed by atoms with Crippen molar-refractivity contribution in [3.05, 3.63) is 89.7 Å². The molecule has 0 aliphatic carbocycles. The van der Waals surface area contributed by atoms with Gasteiger partial charge < -0.3 is 10.1 Å². The SMILES string of the molecule is CON(C)S(=O)(=O)c1cccc(C(=O)Nc2cccc(OCc3ccc(F)cc3)c2)c1. The third-order valence-corrected chi connectivity index (χ3v) is 6.08. The molecule has 0 aromatic heterocycles. The van der Waals surface area contributed by atoms with Crippen molar-refractivity contribution >= 4 is 21.6 Å². The Bertz CT molecular complexity index is 1170. The van der Waals surface area contributed by atoms with E-state index in [1.165, 1.54) is 50.6 Å². The predicted molar refractivity (Wildman–Crippen MR) is 114 cm³/mol. The molecular weight excluding hydrogens is 423 g/mol. The first kappa shape index (κ1) is 22.4. The molecule has 0 aliphatic rings. The highest BCUT2D eigenvalue weighted by atomic mass is 32.2. The Labute approximate surface area is 180 Å². The lowest BCUT2D eigenvalue weighted by Crippen LogP contribution is -2.26. The van der Waals surface area contributed by atoms with E-state index >= 15 is 0 Å². The molecule has 0 unspecified atom stereocenters. The van der Waals surface area contributed by atoms with Crippen LogP contribution in [0.2, 0.25) is 0 Å². The fourth-order valence-electron chi connectivity index (χ4n) is 2.66. The van der Waals surface area contributed by atoms with Crippen LogP contribution in [0, 0.1) is 5.82 Å². The number of hydroxylamine groups is 1. The van der Waals surface area contributed by atoms with Gasteiger partial charge in [-0.05, 0) is 48.0 Å². The fourth-order valence-corrected chi connectivity index (χ4v) is 3.68. The van der Waals surface area contributed by atoms with Crippen LogP contribution in [0.4, 0.5) is 10.1 Å². The third kappa shape index (κ3) is 5.66. The monoisotopic (exact) mass is 444 g/mol. The molecule has 3 aromatic carbocycles. The van der Waals surface area contributed by atoms with Gasteiger partial charge in [-0.2, -0.15) is 0 Å². The highest BCUT2D eigenvalue weighted by Gasteiger charge is 2.22. The summed E-state index contributed by atoms with van der Waals surface area (Å²) in [7, 11) is -1.37. The smallest absolute Gasteiger partial charge is 0.264 e. The number of ether oxygens (including phenoxy) is 1. The van der Waals surface area contributed by atoms with Gasteiger partial charge in [0.05, 0.1) is 12.0 Å². The van der Waals surface area contributed by atoms with E-state index in [0.29, 0.717) is 15.9 Å². The minimum atomic E-state index is -3.87. The highest BCUT2D eigenvalue weighted by Crippen LogP contribution is 2.21. The van der Waals surface area contributed by atoms with Crippen LogP contribution in [-0.4, -0.2) is 33.0 Å². The number of hydrogen-bond donors (Lipinski definition) is 1. The van der Waals surface area contributed by atoms with Crippen molar-refractivity contribution in [2.45, 2.75) is 11.5 Å². The number of anilines is 1. The Kier molecular flexibility index (Phi) is 7.01. The van der Waals surface area contributed by atoms with Gasteiger partial charge in [-0.15, -0.1) is 0 Å². The second-order valence-corrected chi connectivity index (χ2v) is 8.46. The molecule has 0 bridgehead atoms. The molecule has 3 rings (SSSR count). The molecule has 0 aliphatic heterocycles. The van der Waals surface area contributed by atoms with E-state index in [1.54, 1.807) is 36.4 Å². The van der Waals surface area contributed by atoms with E-state index in [-0.39, 0.29) is 22.9 Å². The second kappa shape index (κ2) is 9.69. The van der Waals surface area contributed by atoms with Crippen LogP contribution in [-0.2, 0) is 21.5 Å². The van der Waals surface area contributed by atoms with Crippen molar-refractivity contribution in [2.24, 2.45) is 0 Å². The summed E-state index contributed by atoms with van der Waals surface area (Å²) < 4.78 is 44.2. The van der Waals surface area contributed by atoms with Gasteiger partial charge in [-0.1, -0.05) is 28.7 Å². The number of sulfonamides is 1. The molecule has 31 heavy (non-hydrogen) atoms. The molecule has 1 N–H and O–H groups in total. The highest BCUT2D eigenvalue weighted by molar-refractivity contribution is 7.89. The topological polar surface area (TPSA) is 84.9 Å². The Morgan fingerprint density at radius 2 is 1.74 bits per heavy atom. The van der Waals surface area contributed by atoms with Gasteiger partial charge in [0.25, 0.3) is 15.9 Å². The van der Waals surface area contributed by atoms with Gasteiger partial charge in [0.2, 0.25) is 0 Å². The van der Waals surface area contributed by atoms with Gasteiger partial charge in [0.1, 0.15) is 18.2 Å². The summed E-state index contributed by atoms with van der Waals surface area (Å²) >= 11 is 0. The van der Waals surface area contributed by atoms with E-state index in [4.69, 9.17) is 9.57 Å². The maximum Gasteiger partial charge on any atom is 0.264 e. The number of carbonyl (C=O) groups excluding carboxylic acids is 1. The minimum absolute atomic E-state index is 0.0686. The van der Waals surface area contributed by atoms with Crippen molar-refractivity contribution in [2.75, 3.05) is 19.5 Å². The van der Waals surface area contributed by atoms with E-state index in [1.807, 2.05) is 0 Å². The number of carbonyl (C=O) groups is 1. The number of hydrogen-bond acceptors (Lipinski definition) is 5. The number of nitrogens with zero attached hydrogens (tertiary/aromatic N) is 1. The fraction of sp³-hybridized carbons (Fsp3) is 0.136. The molecule has 7 nitrogen and oxygen atoms in total. The van der Waals surface area contributed by atoms with E-state index in [0.717, 1.165) is 5.56 Å². The summed E-state index contributed by atoms with van der Waals surface area (Å²) in [6.07, 6.45) is 0. The number of amides is 1. The van der Waals surface area contributed by atoms with Crippen LogP contribution in [0.5, 0.6) is 5.75 Å². The average Bonchev–Trinajstić information content (AvgIpc) is 2.78. The van der Waals surface area contributed by atoms with Crippen LogP contribution in [0.25, 0.3) is 0 Å². The predicted octanol–water partition coefficient (Wildman–Crippen LogP) is 3.84. The molecule has 0 saturated heterocycles. The van der Waals surface area contributed by atoms with Crippen molar-refractivity contribution in [3.8, 4) is 5.75 Å². The Morgan fingerprint density at radius 1 is 1.03 bits per heavy atom. The van der Waals surface area contributed by atoms with Crippen LogP contribution in [0.15, 0.2) is 77.7 Å². The Balaban J connectivity index is 1.70. The molecule has 0 heterocycles. The lowest BCUT2D eigenvalue weighted by atomic mass is 10.2. The molecule has 0 fully saturated rings. The van der Waals surface area contributed by atoms with Gasteiger partial charge in [0.15, 0.2) is 0 Å². The standard InChI is InChI=1S/C22H21FN2O5S/c1-25(29-2)31(27,28)21-8-3-5-17(13-21)22(26)24-19-6-4-7-20(14-19)30-15-16-9-11-18(23)12-10-16/h3-14H,15H2,1-2H3,(H,24,26). The first-order valence-corrected chi connectivity index (χ1v) is 10.7. The van der Waals surface area contributed by atoms with Gasteiger partial charge >= 0.3 is 0 Å². The molecule has 0 atom stereocenters. The van der Waals surface area contributed by atoms with E-state index in [2.05, 4.69) is 5.32 Å². The quantitative estimate of drug-likeness (QED) is 0.534. The zero-order valence-electron chi connectivity index (χ0n) is 16.9. The molecule has 0 saturated carbocycles. The lowest BCUT2D eigenvalue weighted by Gasteiger charge is -2.14. The third-order valence-electron chi connectivity index (χ3n) is 4.40. The van der Waals surface area contributed by atoms with E-state index in [9.17, 15) is 17.6 Å². The number of halogens is 1. The summed E-state index contributed by atoms with van der Waals surface area (Å²) in [6, 6.07) is 18.4. The minimum Gasteiger partial charge on any atom is -0.489 e. The lowest BCUT2D eigenvalue weighted by molar-refractivity contribution is -0.0258. The largest absolute Gasteiger partial charge is 0.489 e. The molecule has 0 spiro atoms. The molecule has 0 radical (unpaired) electrons. The van der Waals surface area contributed by atoms with Crippen LogP contribution in [0.1, 0.15) is 15.9 Å². The Hall–Kier alpha value is -3.27. The van der Waals surface area contributed by atoms with Gasteiger partial charge in [0, 0.05) is 24.4 Å². The first-order valence-electron chi connectivity index (χ1n) is 9.21.